The molecule has 1 aliphatic carbocycles. The van der Waals surface area contributed by atoms with E-state index in [2.05, 4.69) is 11.0 Å². The van der Waals surface area contributed by atoms with Gasteiger partial charge in [-0.25, -0.2) is 0 Å². The van der Waals surface area contributed by atoms with Gasteiger partial charge in [-0.15, -0.1) is 0 Å². The number of benzene rings is 1. The summed E-state index contributed by atoms with van der Waals surface area (Å²) in [5.74, 6) is 0.801. The number of methoxy groups -OCH3 is 1. The number of β-amino-alcohol motifs (C(OH)–C–C–N with tert-alkyl or cyclic N) is 1. The standard InChI is InChI=1S/C26H36N4O3/c1-33-22-11-5-7-19(15-22)16-30-24-12-14-28(20-8-3-2-4-9-20)18-23(24)25(27-30)26(32)29-13-6-10-21(31)17-29/h5,7,11,15,20-21,31H,2-4,6,8-10,12-14,16-18H2,1H3. The molecule has 2 fully saturated rings. The summed E-state index contributed by atoms with van der Waals surface area (Å²) in [7, 11) is 1.68. The van der Waals surface area contributed by atoms with Crippen LogP contribution in [0, 0.1) is 0 Å². The van der Waals surface area contributed by atoms with Crippen LogP contribution in [0.15, 0.2) is 24.3 Å². The van der Waals surface area contributed by atoms with Crippen LogP contribution in [0.25, 0.3) is 0 Å². The van der Waals surface area contributed by atoms with E-state index in [1.807, 2.05) is 22.9 Å². The topological polar surface area (TPSA) is 70.8 Å². The van der Waals surface area contributed by atoms with Crippen LogP contribution in [0.4, 0.5) is 0 Å². The summed E-state index contributed by atoms with van der Waals surface area (Å²) in [6, 6.07) is 8.68. The summed E-state index contributed by atoms with van der Waals surface area (Å²) < 4.78 is 7.44. The van der Waals surface area contributed by atoms with Crippen LogP contribution in [0.3, 0.4) is 0 Å². The van der Waals surface area contributed by atoms with Crippen molar-refractivity contribution >= 4 is 5.91 Å². The largest absolute Gasteiger partial charge is 0.497 e. The van der Waals surface area contributed by atoms with Crippen LogP contribution < -0.4 is 4.74 Å². The van der Waals surface area contributed by atoms with Gasteiger partial charge in [0.25, 0.3) is 5.91 Å². The molecule has 1 atom stereocenters. The molecule has 0 bridgehead atoms. The predicted molar refractivity (Wildman–Crippen MR) is 126 cm³/mol. The first-order valence-corrected chi connectivity index (χ1v) is 12.5. The van der Waals surface area contributed by atoms with Gasteiger partial charge in [0.15, 0.2) is 5.69 Å². The van der Waals surface area contributed by atoms with Crippen LogP contribution in [0.1, 0.15) is 72.3 Å². The number of aromatic nitrogens is 2. The maximum atomic E-state index is 13.6. The van der Waals surface area contributed by atoms with Gasteiger partial charge in [0.05, 0.1) is 19.8 Å². The lowest BCUT2D eigenvalue weighted by molar-refractivity contribution is 0.0465. The molecule has 2 aromatic rings. The molecule has 1 N–H and O–H groups in total. The highest BCUT2D eigenvalue weighted by Gasteiger charge is 2.34. The Balaban J connectivity index is 1.45. The van der Waals surface area contributed by atoms with E-state index in [0.29, 0.717) is 31.4 Å². The zero-order chi connectivity index (χ0) is 22.8. The first-order chi connectivity index (χ1) is 16.1. The molecule has 178 valence electrons. The Hall–Kier alpha value is -2.38. The number of ether oxygens (including phenoxy) is 1. The Kier molecular flexibility index (Phi) is 6.69. The third-order valence-corrected chi connectivity index (χ3v) is 7.61. The van der Waals surface area contributed by atoms with Crippen LogP contribution in [0.2, 0.25) is 0 Å². The Bertz CT molecular complexity index is 982. The van der Waals surface area contributed by atoms with Gasteiger partial charge >= 0.3 is 0 Å². The number of carbonyl (C=O) groups is 1. The molecule has 1 amide bonds. The molecule has 1 saturated carbocycles. The molecule has 1 unspecified atom stereocenters. The van der Waals surface area contributed by atoms with Gasteiger partial charge in [-0.3, -0.25) is 14.4 Å². The molecule has 2 aliphatic heterocycles. The molecule has 5 rings (SSSR count). The minimum absolute atomic E-state index is 0.0279. The number of aliphatic hydroxyl groups is 1. The van der Waals surface area contributed by atoms with E-state index >= 15 is 0 Å². The van der Waals surface area contributed by atoms with Crippen molar-refractivity contribution in [1.29, 1.82) is 0 Å². The molecule has 3 aliphatic rings. The average molecular weight is 453 g/mol. The van der Waals surface area contributed by atoms with Crippen molar-refractivity contribution in [2.24, 2.45) is 0 Å². The second-order valence-corrected chi connectivity index (χ2v) is 9.84. The van der Waals surface area contributed by atoms with Crippen LogP contribution in [-0.2, 0) is 19.5 Å². The highest BCUT2D eigenvalue weighted by Crippen LogP contribution is 2.31. The minimum atomic E-state index is -0.434. The van der Waals surface area contributed by atoms with Gasteiger partial charge in [-0.05, 0) is 43.4 Å². The summed E-state index contributed by atoms with van der Waals surface area (Å²) >= 11 is 0. The fraction of sp³-hybridized carbons (Fsp3) is 0.615. The third-order valence-electron chi connectivity index (χ3n) is 7.61. The van der Waals surface area contributed by atoms with Gasteiger partial charge in [0.2, 0.25) is 0 Å². The van der Waals surface area contributed by atoms with E-state index in [1.54, 1.807) is 12.0 Å². The number of rotatable bonds is 5. The number of nitrogens with zero attached hydrogens (tertiary/aromatic N) is 4. The Morgan fingerprint density at radius 1 is 1.15 bits per heavy atom. The zero-order valence-corrected chi connectivity index (χ0v) is 19.7. The molecule has 0 spiro atoms. The molecule has 1 saturated heterocycles. The maximum absolute atomic E-state index is 13.6. The van der Waals surface area contributed by atoms with E-state index in [1.165, 1.54) is 37.8 Å². The van der Waals surface area contributed by atoms with E-state index in [-0.39, 0.29) is 5.91 Å². The summed E-state index contributed by atoms with van der Waals surface area (Å²) in [5, 5.41) is 15.0. The quantitative estimate of drug-likeness (QED) is 0.754. The number of hydrogen-bond donors (Lipinski definition) is 1. The molecular formula is C26H36N4O3. The van der Waals surface area contributed by atoms with Gasteiger partial charge in [-0.1, -0.05) is 31.4 Å². The lowest BCUT2D eigenvalue weighted by Crippen LogP contribution is -2.43. The second kappa shape index (κ2) is 9.85. The van der Waals surface area contributed by atoms with Crippen molar-refractivity contribution in [2.75, 3.05) is 26.7 Å². The van der Waals surface area contributed by atoms with Crippen molar-refractivity contribution in [3.8, 4) is 5.75 Å². The smallest absolute Gasteiger partial charge is 0.274 e. The number of piperidine rings is 1. The first-order valence-electron chi connectivity index (χ1n) is 12.5. The van der Waals surface area contributed by atoms with Crippen LogP contribution in [-0.4, -0.2) is 69.5 Å². The first kappa shape index (κ1) is 22.4. The zero-order valence-electron chi connectivity index (χ0n) is 19.7. The van der Waals surface area contributed by atoms with Crippen LogP contribution >= 0.6 is 0 Å². The number of fused-ring (bicyclic) bond motifs is 1. The van der Waals surface area contributed by atoms with Gasteiger partial charge < -0.3 is 14.7 Å². The van der Waals surface area contributed by atoms with Gasteiger partial charge in [0.1, 0.15) is 5.75 Å². The molecule has 7 nitrogen and oxygen atoms in total. The number of amides is 1. The molecule has 0 radical (unpaired) electrons. The average Bonchev–Trinajstić information content (AvgIpc) is 3.21. The molecule has 7 heteroatoms. The highest BCUT2D eigenvalue weighted by molar-refractivity contribution is 5.94. The van der Waals surface area contributed by atoms with E-state index < -0.39 is 6.10 Å². The number of carbonyl (C=O) groups excluding carboxylic acids is 1. The fourth-order valence-corrected chi connectivity index (χ4v) is 5.80. The minimum Gasteiger partial charge on any atom is -0.497 e. The van der Waals surface area contributed by atoms with Gasteiger partial charge in [0, 0.05) is 49.9 Å². The lowest BCUT2D eigenvalue weighted by Gasteiger charge is -2.37. The molecule has 1 aromatic heterocycles. The number of hydrogen-bond acceptors (Lipinski definition) is 5. The Labute approximate surface area is 196 Å². The normalized spacial score (nSPS) is 22.2. The van der Waals surface area contributed by atoms with Crippen molar-refractivity contribution < 1.29 is 14.6 Å². The van der Waals surface area contributed by atoms with Crippen LogP contribution in [0.5, 0.6) is 5.75 Å². The van der Waals surface area contributed by atoms with Crippen molar-refractivity contribution in [2.45, 2.75) is 76.6 Å². The summed E-state index contributed by atoms with van der Waals surface area (Å²) in [6.45, 7) is 3.55. The van der Waals surface area contributed by atoms with Crippen molar-refractivity contribution in [3.63, 3.8) is 0 Å². The molecule has 33 heavy (non-hydrogen) atoms. The third kappa shape index (κ3) is 4.80. The summed E-state index contributed by atoms with van der Waals surface area (Å²) in [6.07, 6.45) is 8.56. The fourth-order valence-electron chi connectivity index (χ4n) is 5.80. The molecule has 3 heterocycles. The SMILES string of the molecule is COc1cccc(Cn2nc(C(=O)N3CCCC(O)C3)c3c2CCN(C2CCCCC2)C3)c1. The summed E-state index contributed by atoms with van der Waals surface area (Å²) in [4.78, 5) is 17.9. The predicted octanol–water partition coefficient (Wildman–Crippen LogP) is 3.23. The van der Waals surface area contributed by atoms with E-state index in [0.717, 1.165) is 49.2 Å². The molecule has 1 aromatic carbocycles. The summed E-state index contributed by atoms with van der Waals surface area (Å²) in [5.41, 5.74) is 3.98. The van der Waals surface area contributed by atoms with Crippen molar-refractivity contribution in [3.05, 3.63) is 46.8 Å². The van der Waals surface area contributed by atoms with Crippen molar-refractivity contribution in [1.82, 2.24) is 19.6 Å². The Morgan fingerprint density at radius 3 is 2.79 bits per heavy atom. The van der Waals surface area contributed by atoms with E-state index in [4.69, 9.17) is 9.84 Å². The van der Waals surface area contributed by atoms with Gasteiger partial charge in [-0.2, -0.15) is 5.10 Å². The lowest BCUT2D eigenvalue weighted by atomic mass is 9.92. The highest BCUT2D eigenvalue weighted by atomic mass is 16.5. The number of likely N-dealkylation sites (tertiary alicyclic amines) is 1. The van der Waals surface area contributed by atoms with E-state index in [9.17, 15) is 9.90 Å². The second-order valence-electron chi connectivity index (χ2n) is 9.84. The molecular weight excluding hydrogens is 416 g/mol. The monoisotopic (exact) mass is 452 g/mol. The number of aliphatic hydroxyl groups excluding tert-OH is 1. The Morgan fingerprint density at radius 2 is 2.00 bits per heavy atom. The maximum Gasteiger partial charge on any atom is 0.274 e.